The molecule has 1 aromatic carbocycles. The zero-order valence-electron chi connectivity index (χ0n) is 17.5. The lowest BCUT2D eigenvalue weighted by atomic mass is 10.2. The van der Waals surface area contributed by atoms with Gasteiger partial charge in [0.05, 0.1) is 23.9 Å². The zero-order valence-corrected chi connectivity index (χ0v) is 18.3. The lowest BCUT2D eigenvalue weighted by molar-refractivity contribution is -0.115. The number of oxazole rings is 1. The molecule has 0 saturated carbocycles. The van der Waals surface area contributed by atoms with Crippen molar-refractivity contribution in [2.45, 2.75) is 13.0 Å². The molecule has 4 aromatic rings. The van der Waals surface area contributed by atoms with Gasteiger partial charge in [-0.3, -0.25) is 19.5 Å². The van der Waals surface area contributed by atoms with Gasteiger partial charge in [0.1, 0.15) is 0 Å². The van der Waals surface area contributed by atoms with E-state index in [0.717, 1.165) is 0 Å². The van der Waals surface area contributed by atoms with Crippen molar-refractivity contribution in [2.75, 3.05) is 31.3 Å². The first-order valence-electron chi connectivity index (χ1n) is 9.76. The van der Waals surface area contributed by atoms with Crippen molar-refractivity contribution in [3.8, 4) is 0 Å². The topological polar surface area (TPSA) is 123 Å². The van der Waals surface area contributed by atoms with Crippen LogP contribution in [0.15, 0.2) is 55.6 Å². The average molecular weight is 455 g/mol. The van der Waals surface area contributed by atoms with Crippen molar-refractivity contribution in [1.82, 2.24) is 14.5 Å². The van der Waals surface area contributed by atoms with E-state index in [1.54, 1.807) is 40.3 Å². The number of amides is 2. The predicted molar refractivity (Wildman–Crippen MR) is 120 cm³/mol. The number of aromatic nitrogens is 2. The summed E-state index contributed by atoms with van der Waals surface area (Å²) in [5, 5.41) is 7.52. The number of hydrogen-bond acceptors (Lipinski definition) is 8. The molecule has 0 unspecified atom stereocenters. The quantitative estimate of drug-likeness (QED) is 0.419. The molecule has 3 heterocycles. The number of hydrogen-bond donors (Lipinski definition) is 2. The van der Waals surface area contributed by atoms with Crippen LogP contribution in [-0.4, -0.2) is 46.9 Å². The second-order valence-corrected chi connectivity index (χ2v) is 8.16. The van der Waals surface area contributed by atoms with Gasteiger partial charge in [0.15, 0.2) is 16.5 Å². The molecule has 0 aliphatic carbocycles. The van der Waals surface area contributed by atoms with Gasteiger partial charge in [0.2, 0.25) is 5.91 Å². The molecule has 3 aromatic heterocycles. The van der Waals surface area contributed by atoms with Gasteiger partial charge < -0.3 is 19.1 Å². The second kappa shape index (κ2) is 9.20. The summed E-state index contributed by atoms with van der Waals surface area (Å²) < 4.78 is 11.9. The van der Waals surface area contributed by atoms with E-state index < -0.39 is 11.7 Å². The van der Waals surface area contributed by atoms with Crippen LogP contribution in [0, 0.1) is 0 Å². The molecule has 0 bridgehead atoms. The minimum Gasteiger partial charge on any atom is -0.459 e. The number of rotatable bonds is 8. The summed E-state index contributed by atoms with van der Waals surface area (Å²) in [6.45, 7) is 1.15. The Morgan fingerprint density at radius 2 is 2.06 bits per heavy atom. The highest BCUT2D eigenvalue weighted by atomic mass is 32.1. The van der Waals surface area contributed by atoms with Crippen LogP contribution in [0.25, 0.3) is 11.1 Å². The third kappa shape index (κ3) is 4.95. The third-order valence-electron chi connectivity index (χ3n) is 4.58. The molecule has 32 heavy (non-hydrogen) atoms. The molecule has 0 saturated heterocycles. The van der Waals surface area contributed by atoms with E-state index >= 15 is 0 Å². The van der Waals surface area contributed by atoms with Gasteiger partial charge in [-0.25, -0.2) is 9.78 Å². The maximum absolute atomic E-state index is 12.5. The number of nitrogens with one attached hydrogen (secondary N) is 2. The van der Waals surface area contributed by atoms with Gasteiger partial charge in [-0.15, -0.1) is 11.3 Å². The highest BCUT2D eigenvalue weighted by Crippen LogP contribution is 2.20. The SMILES string of the molecule is CN(C)CCn1c(=O)oc2ccc(NC(=O)Cc3csc(NC(=O)c4ccco4)n3)cc21. The zero-order chi connectivity index (χ0) is 22.7. The Balaban J connectivity index is 1.41. The molecule has 0 fully saturated rings. The average Bonchev–Trinajstić information content (AvgIpc) is 3.47. The lowest BCUT2D eigenvalue weighted by Crippen LogP contribution is -2.23. The Morgan fingerprint density at radius 1 is 1.22 bits per heavy atom. The van der Waals surface area contributed by atoms with Gasteiger partial charge in [-0.1, -0.05) is 0 Å². The van der Waals surface area contributed by atoms with E-state index in [1.165, 1.54) is 17.6 Å². The summed E-state index contributed by atoms with van der Waals surface area (Å²) in [6, 6.07) is 8.21. The smallest absolute Gasteiger partial charge is 0.419 e. The molecule has 0 spiro atoms. The first-order valence-corrected chi connectivity index (χ1v) is 10.6. The summed E-state index contributed by atoms with van der Waals surface area (Å²) in [6.07, 6.45) is 1.44. The van der Waals surface area contributed by atoms with Crippen molar-refractivity contribution in [1.29, 1.82) is 0 Å². The summed E-state index contributed by atoms with van der Waals surface area (Å²) in [7, 11) is 3.84. The fourth-order valence-corrected chi connectivity index (χ4v) is 3.74. The Kier molecular flexibility index (Phi) is 6.19. The minimum atomic E-state index is -0.433. The van der Waals surface area contributed by atoms with Gasteiger partial charge in [0, 0.05) is 24.2 Å². The molecule has 10 nitrogen and oxygen atoms in total. The van der Waals surface area contributed by atoms with E-state index in [9.17, 15) is 14.4 Å². The van der Waals surface area contributed by atoms with Crippen molar-refractivity contribution in [3.05, 3.63) is 64.0 Å². The van der Waals surface area contributed by atoms with E-state index in [2.05, 4.69) is 15.6 Å². The molecule has 0 atom stereocenters. The standard InChI is InChI=1S/C21H21N5O5S/c1-25(2)7-8-26-15-10-13(5-6-16(15)31-21(26)29)22-18(27)11-14-12-32-20(23-14)24-19(28)17-4-3-9-30-17/h3-6,9-10,12H,7-8,11H2,1-2H3,(H,22,27)(H,23,24,28). The molecule has 2 N–H and O–H groups in total. The van der Waals surface area contributed by atoms with Crippen LogP contribution >= 0.6 is 11.3 Å². The number of benzene rings is 1. The van der Waals surface area contributed by atoms with E-state index in [-0.39, 0.29) is 18.1 Å². The number of nitrogens with zero attached hydrogens (tertiary/aromatic N) is 3. The van der Waals surface area contributed by atoms with Crippen LogP contribution < -0.4 is 16.4 Å². The second-order valence-electron chi connectivity index (χ2n) is 7.31. The first-order chi connectivity index (χ1) is 15.4. The van der Waals surface area contributed by atoms with E-state index in [1.807, 2.05) is 19.0 Å². The van der Waals surface area contributed by atoms with Gasteiger partial charge >= 0.3 is 5.76 Å². The maximum Gasteiger partial charge on any atom is 0.419 e. The van der Waals surface area contributed by atoms with Crippen LogP contribution in [0.1, 0.15) is 16.2 Å². The predicted octanol–water partition coefficient (Wildman–Crippen LogP) is 2.64. The molecular formula is C21H21N5O5S. The molecule has 0 aliphatic heterocycles. The Morgan fingerprint density at radius 3 is 2.81 bits per heavy atom. The number of thiazole rings is 1. The largest absolute Gasteiger partial charge is 0.459 e. The first kappa shape index (κ1) is 21.5. The number of furan rings is 1. The maximum atomic E-state index is 12.5. The Labute approximate surface area is 186 Å². The number of carbonyl (C=O) groups is 2. The number of likely N-dealkylation sites (N-methyl/N-ethyl adjacent to an activating group) is 1. The Hall–Kier alpha value is -3.70. The van der Waals surface area contributed by atoms with Gasteiger partial charge in [-0.05, 0) is 44.4 Å². The van der Waals surface area contributed by atoms with Crippen LogP contribution in [0.3, 0.4) is 0 Å². The summed E-state index contributed by atoms with van der Waals surface area (Å²) >= 11 is 1.22. The Bertz CT molecular complexity index is 1300. The summed E-state index contributed by atoms with van der Waals surface area (Å²) in [5.41, 5.74) is 2.15. The molecule has 0 radical (unpaired) electrons. The van der Waals surface area contributed by atoms with E-state index in [0.29, 0.717) is 40.7 Å². The van der Waals surface area contributed by atoms with Crippen LogP contribution in [0.2, 0.25) is 0 Å². The highest BCUT2D eigenvalue weighted by molar-refractivity contribution is 7.14. The molecule has 11 heteroatoms. The summed E-state index contributed by atoms with van der Waals surface area (Å²) in [5.74, 6) is -0.937. The normalized spacial score (nSPS) is 11.2. The minimum absolute atomic E-state index is 0.0317. The highest BCUT2D eigenvalue weighted by Gasteiger charge is 2.14. The summed E-state index contributed by atoms with van der Waals surface area (Å²) in [4.78, 5) is 42.9. The number of fused-ring (bicyclic) bond motifs is 1. The van der Waals surface area contributed by atoms with Crippen LogP contribution in [0.4, 0.5) is 10.8 Å². The van der Waals surface area contributed by atoms with Crippen molar-refractivity contribution in [3.63, 3.8) is 0 Å². The van der Waals surface area contributed by atoms with Crippen LogP contribution in [0.5, 0.6) is 0 Å². The fourth-order valence-electron chi connectivity index (χ4n) is 3.03. The van der Waals surface area contributed by atoms with Crippen molar-refractivity contribution in [2.24, 2.45) is 0 Å². The molecular weight excluding hydrogens is 434 g/mol. The number of anilines is 2. The van der Waals surface area contributed by atoms with Crippen molar-refractivity contribution >= 4 is 45.1 Å². The molecule has 4 rings (SSSR count). The monoisotopic (exact) mass is 455 g/mol. The number of carbonyl (C=O) groups excluding carboxylic acids is 2. The van der Waals surface area contributed by atoms with Crippen molar-refractivity contribution < 1.29 is 18.4 Å². The third-order valence-corrected chi connectivity index (χ3v) is 5.39. The van der Waals surface area contributed by atoms with Gasteiger partial charge in [-0.2, -0.15) is 0 Å². The van der Waals surface area contributed by atoms with Gasteiger partial charge in [0.25, 0.3) is 5.91 Å². The molecule has 2 amide bonds. The van der Waals surface area contributed by atoms with Crippen LogP contribution in [-0.2, 0) is 17.8 Å². The van der Waals surface area contributed by atoms with E-state index in [4.69, 9.17) is 8.83 Å². The molecule has 166 valence electrons. The molecule has 0 aliphatic rings. The fraction of sp³-hybridized carbons (Fsp3) is 0.238. The lowest BCUT2D eigenvalue weighted by Gasteiger charge is -2.10.